The van der Waals surface area contributed by atoms with Crippen molar-refractivity contribution in [1.82, 2.24) is 10.2 Å². The minimum Gasteiger partial charge on any atom is -0.341 e. The van der Waals surface area contributed by atoms with Gasteiger partial charge in [0.05, 0.1) is 6.04 Å². The number of carbonyl (C=O) groups excluding carboxylic acids is 1. The number of likely N-dealkylation sites (tertiary alicyclic amines) is 1. The molecular formula is C11H19F3N2OS. The predicted molar refractivity (Wildman–Crippen MR) is 66.4 cm³/mol. The molecule has 1 rings (SSSR count). The number of carbonyl (C=O) groups is 1. The molecule has 0 saturated carbocycles. The van der Waals surface area contributed by atoms with Gasteiger partial charge in [-0.15, -0.1) is 0 Å². The first kappa shape index (κ1) is 15.6. The van der Waals surface area contributed by atoms with Crippen molar-refractivity contribution in [1.29, 1.82) is 0 Å². The maximum absolute atomic E-state index is 12.0. The van der Waals surface area contributed by atoms with E-state index in [2.05, 4.69) is 5.32 Å². The van der Waals surface area contributed by atoms with Gasteiger partial charge in [0.2, 0.25) is 5.91 Å². The summed E-state index contributed by atoms with van der Waals surface area (Å²) in [7, 11) is 0. The van der Waals surface area contributed by atoms with Crippen LogP contribution in [-0.2, 0) is 4.79 Å². The zero-order chi connectivity index (χ0) is 13.8. The van der Waals surface area contributed by atoms with E-state index in [4.69, 9.17) is 0 Å². The Morgan fingerprint density at radius 2 is 2.17 bits per heavy atom. The fourth-order valence-electron chi connectivity index (χ4n) is 1.99. The van der Waals surface area contributed by atoms with Crippen molar-refractivity contribution < 1.29 is 18.0 Å². The van der Waals surface area contributed by atoms with Crippen LogP contribution in [0.5, 0.6) is 0 Å². The van der Waals surface area contributed by atoms with E-state index in [1.54, 1.807) is 0 Å². The molecule has 7 heteroatoms. The van der Waals surface area contributed by atoms with Gasteiger partial charge in [-0.25, -0.2) is 0 Å². The van der Waals surface area contributed by atoms with Crippen LogP contribution in [0.2, 0.25) is 0 Å². The minimum atomic E-state index is -4.21. The molecule has 0 aromatic carbocycles. The fraction of sp³-hybridized carbons (Fsp3) is 0.909. The molecule has 0 aromatic rings. The average molecular weight is 284 g/mol. The van der Waals surface area contributed by atoms with Crippen LogP contribution < -0.4 is 5.32 Å². The van der Waals surface area contributed by atoms with Crippen molar-refractivity contribution in [3.05, 3.63) is 0 Å². The van der Waals surface area contributed by atoms with Gasteiger partial charge in [-0.05, 0) is 24.6 Å². The number of nitrogens with one attached hydrogen (secondary N) is 1. The number of amides is 1. The Balaban J connectivity index is 2.39. The van der Waals surface area contributed by atoms with Gasteiger partial charge in [0.1, 0.15) is 0 Å². The third-order valence-electron chi connectivity index (χ3n) is 2.69. The lowest BCUT2D eigenvalue weighted by molar-refractivity contribution is -0.135. The Morgan fingerprint density at radius 1 is 1.50 bits per heavy atom. The van der Waals surface area contributed by atoms with Crippen molar-refractivity contribution in [2.45, 2.75) is 44.3 Å². The third-order valence-corrected chi connectivity index (χ3v) is 3.41. The predicted octanol–water partition coefficient (Wildman–Crippen LogP) is 2.23. The number of alkyl halides is 3. The summed E-state index contributed by atoms with van der Waals surface area (Å²) < 4.78 is 36.0. The summed E-state index contributed by atoms with van der Waals surface area (Å²) in [6.07, 6.45) is 1.60. The maximum atomic E-state index is 12.0. The molecule has 18 heavy (non-hydrogen) atoms. The van der Waals surface area contributed by atoms with E-state index in [1.165, 1.54) is 4.90 Å². The van der Waals surface area contributed by atoms with E-state index in [9.17, 15) is 18.0 Å². The van der Waals surface area contributed by atoms with E-state index in [-0.39, 0.29) is 42.1 Å². The Hall–Kier alpha value is -0.430. The second-order valence-electron chi connectivity index (χ2n) is 4.64. The van der Waals surface area contributed by atoms with Crippen molar-refractivity contribution in [2.24, 2.45) is 0 Å². The molecule has 1 amide bonds. The van der Waals surface area contributed by atoms with Crippen LogP contribution in [0.3, 0.4) is 0 Å². The SMILES string of the molecule is CC(C)NC1CCCN(CCSC(F)(F)F)C1=O. The highest BCUT2D eigenvalue weighted by atomic mass is 32.2. The summed E-state index contributed by atoms with van der Waals surface area (Å²) in [5.74, 6) is -0.165. The number of hydrogen-bond donors (Lipinski definition) is 1. The summed E-state index contributed by atoms with van der Waals surface area (Å²) in [5, 5.41) is 3.15. The summed E-state index contributed by atoms with van der Waals surface area (Å²) in [5.41, 5.74) is -4.21. The molecule has 1 aliphatic rings. The molecule has 1 saturated heterocycles. The fourth-order valence-corrected chi connectivity index (χ4v) is 2.53. The van der Waals surface area contributed by atoms with Crippen molar-refractivity contribution in [3.8, 4) is 0 Å². The zero-order valence-electron chi connectivity index (χ0n) is 10.6. The quantitative estimate of drug-likeness (QED) is 0.840. The molecule has 106 valence electrons. The lowest BCUT2D eigenvalue weighted by Crippen LogP contribution is -2.52. The van der Waals surface area contributed by atoms with E-state index in [1.807, 2.05) is 13.8 Å². The maximum Gasteiger partial charge on any atom is 0.441 e. The monoisotopic (exact) mass is 284 g/mol. The Morgan fingerprint density at radius 3 is 2.72 bits per heavy atom. The standard InChI is InChI=1S/C11H19F3N2OS/c1-8(2)15-9-4-3-5-16(10(9)17)6-7-18-11(12,13)14/h8-9,15H,3-7H2,1-2H3. The molecule has 1 N–H and O–H groups in total. The van der Waals surface area contributed by atoms with Gasteiger partial charge in [0.25, 0.3) is 0 Å². The van der Waals surface area contributed by atoms with Crippen LogP contribution in [0.1, 0.15) is 26.7 Å². The molecule has 0 spiro atoms. The van der Waals surface area contributed by atoms with Crippen molar-refractivity contribution >= 4 is 17.7 Å². The highest BCUT2D eigenvalue weighted by Crippen LogP contribution is 2.30. The summed E-state index contributed by atoms with van der Waals surface area (Å²) in [6, 6.07) is -0.0434. The van der Waals surface area contributed by atoms with Crippen molar-refractivity contribution in [3.63, 3.8) is 0 Å². The highest BCUT2D eigenvalue weighted by Gasteiger charge is 2.31. The lowest BCUT2D eigenvalue weighted by Gasteiger charge is -2.33. The molecule has 0 aliphatic carbocycles. The first-order chi connectivity index (χ1) is 8.29. The Labute approximate surface area is 109 Å². The largest absolute Gasteiger partial charge is 0.441 e. The van der Waals surface area contributed by atoms with E-state index in [0.717, 1.165) is 12.8 Å². The van der Waals surface area contributed by atoms with Crippen LogP contribution in [0, 0.1) is 0 Å². The second kappa shape index (κ2) is 6.65. The number of hydrogen-bond acceptors (Lipinski definition) is 3. The normalized spacial score (nSPS) is 21.8. The molecule has 1 aliphatic heterocycles. The molecule has 3 nitrogen and oxygen atoms in total. The first-order valence-corrected chi connectivity index (χ1v) is 7.03. The molecule has 0 bridgehead atoms. The van der Waals surface area contributed by atoms with Crippen LogP contribution in [0.4, 0.5) is 13.2 Å². The van der Waals surface area contributed by atoms with Gasteiger partial charge in [-0.2, -0.15) is 13.2 Å². The van der Waals surface area contributed by atoms with E-state index in [0.29, 0.717) is 6.54 Å². The molecule has 1 atom stereocenters. The number of thioether (sulfide) groups is 1. The minimum absolute atomic E-state index is 0.0699. The van der Waals surface area contributed by atoms with Crippen LogP contribution in [0.25, 0.3) is 0 Å². The topological polar surface area (TPSA) is 32.3 Å². The van der Waals surface area contributed by atoms with Crippen LogP contribution >= 0.6 is 11.8 Å². The number of rotatable bonds is 5. The molecule has 1 heterocycles. The number of halogens is 3. The van der Waals surface area contributed by atoms with Crippen LogP contribution in [0.15, 0.2) is 0 Å². The van der Waals surface area contributed by atoms with Gasteiger partial charge in [-0.1, -0.05) is 13.8 Å². The van der Waals surface area contributed by atoms with Gasteiger partial charge in [-0.3, -0.25) is 4.79 Å². The van der Waals surface area contributed by atoms with Gasteiger partial charge < -0.3 is 10.2 Å². The zero-order valence-corrected chi connectivity index (χ0v) is 11.4. The molecular weight excluding hydrogens is 265 g/mol. The first-order valence-electron chi connectivity index (χ1n) is 6.05. The molecule has 1 unspecified atom stereocenters. The Bertz CT molecular complexity index is 284. The second-order valence-corrected chi connectivity index (χ2v) is 5.80. The smallest absolute Gasteiger partial charge is 0.341 e. The highest BCUT2D eigenvalue weighted by molar-refractivity contribution is 8.00. The van der Waals surface area contributed by atoms with E-state index >= 15 is 0 Å². The summed E-state index contributed by atoms with van der Waals surface area (Å²) in [6.45, 7) is 4.63. The van der Waals surface area contributed by atoms with Gasteiger partial charge >= 0.3 is 5.51 Å². The summed E-state index contributed by atoms with van der Waals surface area (Å²) in [4.78, 5) is 13.5. The molecule has 1 fully saturated rings. The van der Waals surface area contributed by atoms with Gasteiger partial charge in [0.15, 0.2) is 0 Å². The lowest BCUT2D eigenvalue weighted by atomic mass is 10.0. The molecule has 0 radical (unpaired) electrons. The molecule has 0 aromatic heterocycles. The number of piperidine rings is 1. The average Bonchev–Trinajstić information content (AvgIpc) is 2.21. The van der Waals surface area contributed by atoms with Crippen LogP contribution in [-0.4, -0.2) is 47.2 Å². The van der Waals surface area contributed by atoms with Gasteiger partial charge in [0, 0.05) is 24.9 Å². The Kier molecular flexibility index (Phi) is 5.78. The van der Waals surface area contributed by atoms with E-state index < -0.39 is 5.51 Å². The number of nitrogens with zero attached hydrogens (tertiary/aromatic N) is 1. The van der Waals surface area contributed by atoms with Crippen molar-refractivity contribution in [2.75, 3.05) is 18.8 Å². The summed E-state index contributed by atoms with van der Waals surface area (Å²) >= 11 is -0.0699. The third kappa shape index (κ3) is 5.48.